The van der Waals surface area contributed by atoms with Crippen molar-refractivity contribution < 1.29 is 19.1 Å². The SMILES string of the molecule is COC(=O)C1CC(=O)Nc2ccc(OC)cc2C1. The zero-order chi connectivity index (χ0) is 13.1. The molecular weight excluding hydrogens is 234 g/mol. The van der Waals surface area contributed by atoms with Gasteiger partial charge in [-0.3, -0.25) is 9.59 Å². The van der Waals surface area contributed by atoms with E-state index in [-0.39, 0.29) is 18.3 Å². The molecule has 1 N–H and O–H groups in total. The number of carbonyl (C=O) groups is 2. The van der Waals surface area contributed by atoms with Gasteiger partial charge in [-0.25, -0.2) is 0 Å². The Bertz CT molecular complexity index is 484. The number of amides is 1. The van der Waals surface area contributed by atoms with Crippen molar-refractivity contribution in [2.75, 3.05) is 19.5 Å². The van der Waals surface area contributed by atoms with Crippen LogP contribution in [0.5, 0.6) is 5.75 Å². The number of anilines is 1. The summed E-state index contributed by atoms with van der Waals surface area (Å²) in [5, 5.41) is 2.78. The average Bonchev–Trinajstić information content (AvgIpc) is 2.54. The van der Waals surface area contributed by atoms with Gasteiger partial charge in [-0.05, 0) is 30.2 Å². The third-order valence-electron chi connectivity index (χ3n) is 3.02. The molecule has 1 atom stereocenters. The molecule has 1 amide bonds. The number of fused-ring (bicyclic) bond motifs is 1. The van der Waals surface area contributed by atoms with Crippen LogP contribution in [0.1, 0.15) is 12.0 Å². The lowest BCUT2D eigenvalue weighted by molar-refractivity contribution is -0.146. The second-order valence-corrected chi connectivity index (χ2v) is 4.20. The molecule has 0 saturated heterocycles. The minimum Gasteiger partial charge on any atom is -0.497 e. The van der Waals surface area contributed by atoms with Crippen LogP contribution < -0.4 is 10.1 Å². The Morgan fingerprint density at radius 1 is 1.33 bits per heavy atom. The molecule has 0 spiro atoms. The van der Waals surface area contributed by atoms with E-state index in [2.05, 4.69) is 5.32 Å². The van der Waals surface area contributed by atoms with Gasteiger partial charge >= 0.3 is 5.97 Å². The van der Waals surface area contributed by atoms with E-state index in [4.69, 9.17) is 9.47 Å². The van der Waals surface area contributed by atoms with E-state index >= 15 is 0 Å². The molecule has 0 aromatic heterocycles. The van der Waals surface area contributed by atoms with E-state index < -0.39 is 5.92 Å². The smallest absolute Gasteiger partial charge is 0.309 e. The number of ether oxygens (including phenoxy) is 2. The van der Waals surface area contributed by atoms with Gasteiger partial charge < -0.3 is 14.8 Å². The first-order chi connectivity index (χ1) is 8.63. The van der Waals surface area contributed by atoms with Crippen molar-refractivity contribution in [2.24, 2.45) is 5.92 Å². The molecule has 1 aliphatic rings. The maximum Gasteiger partial charge on any atom is 0.309 e. The van der Waals surface area contributed by atoms with Crippen LogP contribution in [-0.2, 0) is 20.7 Å². The zero-order valence-electron chi connectivity index (χ0n) is 10.4. The van der Waals surface area contributed by atoms with Crippen LogP contribution in [0.15, 0.2) is 18.2 Å². The molecule has 0 aliphatic carbocycles. The molecule has 1 aromatic rings. The third kappa shape index (κ3) is 2.45. The average molecular weight is 249 g/mol. The minimum absolute atomic E-state index is 0.143. The zero-order valence-corrected chi connectivity index (χ0v) is 10.4. The van der Waals surface area contributed by atoms with Gasteiger partial charge in [0.05, 0.1) is 20.1 Å². The predicted octanol–water partition coefficient (Wildman–Crippen LogP) is 1.37. The Labute approximate surface area is 105 Å². The van der Waals surface area contributed by atoms with Gasteiger partial charge in [-0.2, -0.15) is 0 Å². The Morgan fingerprint density at radius 3 is 2.78 bits per heavy atom. The second kappa shape index (κ2) is 5.08. The van der Waals surface area contributed by atoms with Crippen molar-refractivity contribution in [1.29, 1.82) is 0 Å². The van der Waals surface area contributed by atoms with E-state index in [0.717, 1.165) is 11.3 Å². The van der Waals surface area contributed by atoms with Crippen LogP contribution in [0, 0.1) is 5.92 Å². The quantitative estimate of drug-likeness (QED) is 0.804. The van der Waals surface area contributed by atoms with Crippen LogP contribution in [0.4, 0.5) is 5.69 Å². The Morgan fingerprint density at radius 2 is 2.11 bits per heavy atom. The first-order valence-electron chi connectivity index (χ1n) is 5.68. The summed E-state index contributed by atoms with van der Waals surface area (Å²) in [5.41, 5.74) is 1.61. The predicted molar refractivity (Wildman–Crippen MR) is 65.5 cm³/mol. The largest absolute Gasteiger partial charge is 0.497 e. The van der Waals surface area contributed by atoms with Gasteiger partial charge in [0.15, 0.2) is 0 Å². The molecule has 1 aromatic carbocycles. The summed E-state index contributed by atoms with van der Waals surface area (Å²) in [4.78, 5) is 23.3. The molecular formula is C13H15NO4. The first-order valence-corrected chi connectivity index (χ1v) is 5.68. The van der Waals surface area contributed by atoms with Gasteiger partial charge in [-0.15, -0.1) is 0 Å². The van der Waals surface area contributed by atoms with Crippen molar-refractivity contribution in [1.82, 2.24) is 0 Å². The number of hydrogen-bond acceptors (Lipinski definition) is 4. The monoisotopic (exact) mass is 249 g/mol. The summed E-state index contributed by atoms with van der Waals surface area (Å²) in [6.45, 7) is 0. The summed E-state index contributed by atoms with van der Waals surface area (Å²) < 4.78 is 9.86. The molecule has 1 unspecified atom stereocenters. The van der Waals surface area contributed by atoms with Crippen LogP contribution in [0.25, 0.3) is 0 Å². The normalized spacial score (nSPS) is 18.3. The molecule has 5 nitrogen and oxygen atoms in total. The molecule has 1 heterocycles. The lowest BCUT2D eigenvalue weighted by Crippen LogP contribution is -2.22. The molecule has 0 fully saturated rings. The van der Waals surface area contributed by atoms with Crippen molar-refractivity contribution in [2.45, 2.75) is 12.8 Å². The van der Waals surface area contributed by atoms with E-state index in [1.54, 1.807) is 19.2 Å². The summed E-state index contributed by atoms with van der Waals surface area (Å²) >= 11 is 0. The fraction of sp³-hybridized carbons (Fsp3) is 0.385. The highest BCUT2D eigenvalue weighted by atomic mass is 16.5. The number of esters is 1. The number of rotatable bonds is 2. The van der Waals surface area contributed by atoms with Crippen LogP contribution >= 0.6 is 0 Å². The highest BCUT2D eigenvalue weighted by Gasteiger charge is 2.27. The van der Waals surface area contributed by atoms with Crippen molar-refractivity contribution in [3.05, 3.63) is 23.8 Å². The molecule has 0 saturated carbocycles. The van der Waals surface area contributed by atoms with E-state index in [0.29, 0.717) is 12.2 Å². The fourth-order valence-electron chi connectivity index (χ4n) is 2.08. The van der Waals surface area contributed by atoms with Gasteiger partial charge in [0.1, 0.15) is 5.75 Å². The van der Waals surface area contributed by atoms with Gasteiger partial charge in [0.2, 0.25) is 5.91 Å². The molecule has 1 aliphatic heterocycles. The fourth-order valence-corrected chi connectivity index (χ4v) is 2.08. The number of benzene rings is 1. The maximum absolute atomic E-state index is 11.7. The molecule has 96 valence electrons. The van der Waals surface area contributed by atoms with E-state index in [1.807, 2.05) is 6.07 Å². The summed E-state index contributed by atoms with van der Waals surface area (Å²) in [5.74, 6) is -0.271. The van der Waals surface area contributed by atoms with Crippen LogP contribution in [0.3, 0.4) is 0 Å². The maximum atomic E-state index is 11.7. The lowest BCUT2D eigenvalue weighted by Gasteiger charge is -2.11. The van der Waals surface area contributed by atoms with Crippen LogP contribution in [-0.4, -0.2) is 26.1 Å². The molecule has 5 heteroatoms. The molecule has 0 radical (unpaired) electrons. The number of carbonyl (C=O) groups excluding carboxylic acids is 2. The highest BCUT2D eigenvalue weighted by molar-refractivity contribution is 5.95. The molecule has 18 heavy (non-hydrogen) atoms. The number of hydrogen-bond donors (Lipinski definition) is 1. The van der Waals surface area contributed by atoms with Gasteiger partial charge in [0.25, 0.3) is 0 Å². The standard InChI is InChI=1S/C13H15NO4/c1-17-10-3-4-11-8(6-10)5-9(13(16)18-2)7-12(15)14-11/h3-4,6,9H,5,7H2,1-2H3,(H,14,15). The van der Waals surface area contributed by atoms with Gasteiger partial charge in [0, 0.05) is 12.1 Å². The highest BCUT2D eigenvalue weighted by Crippen LogP contribution is 2.29. The Kier molecular flexibility index (Phi) is 3.50. The Hall–Kier alpha value is -2.04. The lowest BCUT2D eigenvalue weighted by atomic mass is 9.97. The van der Waals surface area contributed by atoms with Crippen molar-refractivity contribution in [3.8, 4) is 5.75 Å². The molecule has 0 bridgehead atoms. The third-order valence-corrected chi connectivity index (χ3v) is 3.02. The van der Waals surface area contributed by atoms with E-state index in [9.17, 15) is 9.59 Å². The number of nitrogens with one attached hydrogen (secondary N) is 1. The van der Waals surface area contributed by atoms with Crippen LogP contribution in [0.2, 0.25) is 0 Å². The van der Waals surface area contributed by atoms with Gasteiger partial charge in [-0.1, -0.05) is 0 Å². The van der Waals surface area contributed by atoms with Crippen molar-refractivity contribution >= 4 is 17.6 Å². The molecule has 2 rings (SSSR count). The summed E-state index contributed by atoms with van der Waals surface area (Å²) in [6.07, 6.45) is 0.613. The van der Waals surface area contributed by atoms with Crippen molar-refractivity contribution in [3.63, 3.8) is 0 Å². The number of methoxy groups -OCH3 is 2. The van der Waals surface area contributed by atoms with E-state index in [1.165, 1.54) is 7.11 Å². The second-order valence-electron chi connectivity index (χ2n) is 4.20. The summed E-state index contributed by atoms with van der Waals surface area (Å²) in [6, 6.07) is 5.39. The summed E-state index contributed by atoms with van der Waals surface area (Å²) in [7, 11) is 2.91. The first kappa shape index (κ1) is 12.4. The topological polar surface area (TPSA) is 64.6 Å². The minimum atomic E-state index is -0.441. The Balaban J connectivity index is 2.34.